The highest BCUT2D eigenvalue weighted by atomic mass is 19.1. The first-order valence-corrected chi connectivity index (χ1v) is 14.2. The van der Waals surface area contributed by atoms with Gasteiger partial charge < -0.3 is 24.0 Å². The number of pyridine rings is 2. The summed E-state index contributed by atoms with van der Waals surface area (Å²) in [6, 6.07) is 14.7. The van der Waals surface area contributed by atoms with Gasteiger partial charge in [-0.25, -0.2) is 13.8 Å². The Morgan fingerprint density at radius 1 is 0.930 bits per heavy atom. The molecule has 0 saturated carbocycles. The molecule has 43 heavy (non-hydrogen) atoms. The van der Waals surface area contributed by atoms with Crippen LogP contribution in [0.4, 0.5) is 14.5 Å². The van der Waals surface area contributed by atoms with Crippen LogP contribution in [0.1, 0.15) is 39.3 Å². The minimum absolute atomic E-state index is 0.141. The molecule has 0 bridgehead atoms. The van der Waals surface area contributed by atoms with E-state index < -0.39 is 11.6 Å². The van der Waals surface area contributed by atoms with Crippen molar-refractivity contribution in [3.8, 4) is 22.8 Å². The van der Waals surface area contributed by atoms with Crippen molar-refractivity contribution in [1.29, 1.82) is 0 Å². The topological polar surface area (TPSA) is 77.0 Å². The summed E-state index contributed by atoms with van der Waals surface area (Å²) in [5, 5.41) is 0. The number of methoxy groups -OCH3 is 2. The second-order valence-corrected chi connectivity index (χ2v) is 10.6. The number of aromatic nitrogens is 2. The van der Waals surface area contributed by atoms with Crippen LogP contribution < -0.4 is 14.4 Å². The molecule has 0 atom stereocenters. The van der Waals surface area contributed by atoms with Crippen molar-refractivity contribution in [3.05, 3.63) is 101 Å². The van der Waals surface area contributed by atoms with E-state index in [1.54, 1.807) is 31.3 Å². The fourth-order valence-corrected chi connectivity index (χ4v) is 5.68. The molecule has 0 N–H and O–H groups in total. The molecule has 1 fully saturated rings. The molecule has 8 nitrogen and oxygen atoms in total. The maximum absolute atomic E-state index is 14.9. The summed E-state index contributed by atoms with van der Waals surface area (Å²) >= 11 is 0. The number of carbonyl (C=O) groups is 1. The third kappa shape index (κ3) is 5.87. The van der Waals surface area contributed by atoms with E-state index in [0.717, 1.165) is 43.1 Å². The molecule has 2 aliphatic rings. The lowest BCUT2D eigenvalue weighted by molar-refractivity contribution is 0.0764. The highest BCUT2D eigenvalue weighted by Crippen LogP contribution is 2.35. The predicted octanol–water partition coefficient (Wildman–Crippen LogP) is 5.41. The molecule has 4 heterocycles. The fraction of sp³-hybridized carbons (Fsp3) is 0.303. The zero-order valence-corrected chi connectivity index (χ0v) is 24.1. The van der Waals surface area contributed by atoms with Crippen LogP contribution in [0, 0.1) is 11.6 Å². The molecule has 0 unspecified atom stereocenters. The summed E-state index contributed by atoms with van der Waals surface area (Å²) in [6.45, 7) is 3.54. The highest BCUT2D eigenvalue weighted by molar-refractivity contribution is 5.99. The minimum Gasteiger partial charge on any atom is -0.497 e. The van der Waals surface area contributed by atoms with Gasteiger partial charge in [0, 0.05) is 43.4 Å². The Bertz CT molecular complexity index is 1620. The van der Waals surface area contributed by atoms with Gasteiger partial charge in [-0.1, -0.05) is 6.07 Å². The van der Waals surface area contributed by atoms with Crippen molar-refractivity contribution in [2.75, 3.05) is 45.4 Å². The Labute approximate surface area is 248 Å². The van der Waals surface area contributed by atoms with Crippen molar-refractivity contribution in [3.63, 3.8) is 0 Å². The van der Waals surface area contributed by atoms with Crippen molar-refractivity contribution in [2.24, 2.45) is 0 Å². The van der Waals surface area contributed by atoms with Crippen molar-refractivity contribution in [2.45, 2.75) is 25.9 Å². The van der Waals surface area contributed by atoms with Gasteiger partial charge in [0.25, 0.3) is 5.91 Å². The quantitative estimate of drug-likeness (QED) is 0.273. The van der Waals surface area contributed by atoms with Gasteiger partial charge in [-0.3, -0.25) is 9.78 Å². The molecule has 2 aromatic heterocycles. The second kappa shape index (κ2) is 12.3. The number of nitrogens with zero attached hydrogens (tertiary/aromatic N) is 4. The Balaban J connectivity index is 1.35. The molecule has 0 spiro atoms. The molecular formula is C33H32F2N4O4. The van der Waals surface area contributed by atoms with E-state index in [1.165, 1.54) is 18.2 Å². The zero-order valence-electron chi connectivity index (χ0n) is 24.1. The van der Waals surface area contributed by atoms with E-state index >= 15 is 0 Å². The number of hydrogen-bond acceptors (Lipinski definition) is 7. The molecule has 222 valence electrons. The third-order valence-electron chi connectivity index (χ3n) is 7.86. The van der Waals surface area contributed by atoms with E-state index in [9.17, 15) is 13.6 Å². The summed E-state index contributed by atoms with van der Waals surface area (Å²) in [5.41, 5.74) is 3.95. The van der Waals surface area contributed by atoms with Gasteiger partial charge in [0.05, 0.1) is 68.3 Å². The van der Waals surface area contributed by atoms with Gasteiger partial charge >= 0.3 is 0 Å². The van der Waals surface area contributed by atoms with Crippen LogP contribution in [-0.2, 0) is 24.2 Å². The molecule has 1 amide bonds. The van der Waals surface area contributed by atoms with Gasteiger partial charge in [0.1, 0.15) is 23.1 Å². The van der Waals surface area contributed by atoms with E-state index in [4.69, 9.17) is 14.2 Å². The first-order valence-electron chi connectivity index (χ1n) is 14.2. The second-order valence-electron chi connectivity index (χ2n) is 10.6. The van der Waals surface area contributed by atoms with E-state index in [0.29, 0.717) is 41.3 Å². The number of hydrogen-bond donors (Lipinski definition) is 0. The first kappa shape index (κ1) is 28.5. The Morgan fingerprint density at radius 3 is 2.51 bits per heavy atom. The van der Waals surface area contributed by atoms with Crippen LogP contribution in [0.15, 0.2) is 60.8 Å². The Kier molecular flexibility index (Phi) is 8.20. The molecule has 4 aromatic rings. The van der Waals surface area contributed by atoms with Gasteiger partial charge in [-0.2, -0.15) is 0 Å². The largest absolute Gasteiger partial charge is 0.497 e. The molecular weight excluding hydrogens is 554 g/mol. The van der Waals surface area contributed by atoms with Crippen LogP contribution in [0.2, 0.25) is 0 Å². The SMILES string of the molecule is COc1ccc(CN2Cc3nc(-c4c(F)cccc4F)cc(Cc4ccc(N5CCCOCC5)cn4)c3C2=O)c(OC)c1. The number of fused-ring (bicyclic) bond motifs is 1. The number of ether oxygens (including phenoxy) is 3. The highest BCUT2D eigenvalue weighted by Gasteiger charge is 2.33. The van der Waals surface area contributed by atoms with Crippen LogP contribution in [0.3, 0.4) is 0 Å². The van der Waals surface area contributed by atoms with Crippen LogP contribution in [0.25, 0.3) is 11.3 Å². The van der Waals surface area contributed by atoms with Crippen LogP contribution in [0.5, 0.6) is 11.5 Å². The lowest BCUT2D eigenvalue weighted by Crippen LogP contribution is -2.26. The Morgan fingerprint density at radius 2 is 1.77 bits per heavy atom. The number of anilines is 1. The van der Waals surface area contributed by atoms with E-state index in [-0.39, 0.29) is 30.3 Å². The normalized spacial score (nSPS) is 14.9. The molecule has 2 aliphatic heterocycles. The van der Waals surface area contributed by atoms with Gasteiger partial charge in [-0.05, 0) is 54.4 Å². The monoisotopic (exact) mass is 586 g/mol. The lowest BCUT2D eigenvalue weighted by atomic mass is 9.98. The Hall–Kier alpha value is -4.57. The molecule has 6 rings (SSSR count). The summed E-state index contributed by atoms with van der Waals surface area (Å²) in [5.74, 6) is -0.416. The molecule has 2 aromatic carbocycles. The number of benzene rings is 2. The van der Waals surface area contributed by atoms with E-state index in [1.807, 2.05) is 30.5 Å². The smallest absolute Gasteiger partial charge is 0.256 e. The molecule has 0 radical (unpaired) electrons. The molecule has 10 heteroatoms. The summed E-state index contributed by atoms with van der Waals surface area (Å²) in [7, 11) is 3.14. The standard InChI is InChI=1S/C33H32F2N4O4/c1-41-25-10-7-21(30(17-25)42-2)19-39-20-29-31(33(39)40)22(16-28(37-29)32-26(34)5-3-6-27(32)35)15-23-8-9-24(18-36-23)38-11-4-13-43-14-12-38/h3,5-10,16-18H,4,11-15,19-20H2,1-2H3. The lowest BCUT2D eigenvalue weighted by Gasteiger charge is -2.21. The van der Waals surface area contributed by atoms with Gasteiger partial charge in [0.15, 0.2) is 0 Å². The summed E-state index contributed by atoms with van der Waals surface area (Å²) < 4.78 is 46.2. The number of halogens is 2. The van der Waals surface area contributed by atoms with Crippen LogP contribution in [-0.4, -0.2) is 61.3 Å². The number of amides is 1. The zero-order chi connectivity index (χ0) is 29.9. The summed E-state index contributed by atoms with van der Waals surface area (Å²) in [4.78, 5) is 27.0. The molecule has 0 aliphatic carbocycles. The average Bonchev–Trinajstić information content (AvgIpc) is 3.16. The number of rotatable bonds is 8. The van der Waals surface area contributed by atoms with Crippen molar-refractivity contribution < 1.29 is 27.8 Å². The van der Waals surface area contributed by atoms with Crippen molar-refractivity contribution in [1.82, 2.24) is 14.9 Å². The van der Waals surface area contributed by atoms with E-state index in [2.05, 4.69) is 14.9 Å². The maximum atomic E-state index is 14.9. The maximum Gasteiger partial charge on any atom is 0.256 e. The van der Waals surface area contributed by atoms with Gasteiger partial charge in [-0.15, -0.1) is 0 Å². The fourth-order valence-electron chi connectivity index (χ4n) is 5.68. The first-order chi connectivity index (χ1) is 20.9. The minimum atomic E-state index is -0.716. The van der Waals surface area contributed by atoms with Crippen molar-refractivity contribution >= 4 is 11.6 Å². The summed E-state index contributed by atoms with van der Waals surface area (Å²) in [6.07, 6.45) is 3.06. The van der Waals surface area contributed by atoms with Crippen LogP contribution >= 0.6 is 0 Å². The third-order valence-corrected chi connectivity index (χ3v) is 7.86. The molecule has 1 saturated heterocycles. The van der Waals surface area contributed by atoms with Gasteiger partial charge in [0.2, 0.25) is 0 Å². The average molecular weight is 587 g/mol. The number of carbonyl (C=O) groups excluding carboxylic acids is 1. The predicted molar refractivity (Wildman–Crippen MR) is 157 cm³/mol.